The van der Waals surface area contributed by atoms with E-state index in [1.165, 1.54) is 0 Å². The molecule has 0 unspecified atom stereocenters. The smallest absolute Gasteiger partial charge is 0.319 e. The summed E-state index contributed by atoms with van der Waals surface area (Å²) in [4.78, 5) is 12.0. The number of urea groups is 1. The maximum Gasteiger partial charge on any atom is 0.319 e. The monoisotopic (exact) mass is 380 g/mol. The fraction of sp³-hybridized carbons (Fsp3) is 0.318. The number of rotatable bonds is 6. The zero-order valence-corrected chi connectivity index (χ0v) is 16.9. The van der Waals surface area contributed by atoms with Crippen LogP contribution >= 0.6 is 0 Å². The average molecular weight is 380 g/mol. The number of amides is 2. The lowest BCUT2D eigenvalue weighted by atomic mass is 10.1. The van der Waals surface area contributed by atoms with Gasteiger partial charge >= 0.3 is 6.03 Å². The largest absolute Gasteiger partial charge is 0.497 e. The van der Waals surface area contributed by atoms with Crippen molar-refractivity contribution in [3.05, 3.63) is 42.0 Å². The van der Waals surface area contributed by atoms with Crippen molar-refractivity contribution >= 4 is 28.3 Å². The Bertz CT molecular complexity index is 1010. The fourth-order valence-electron chi connectivity index (χ4n) is 3.48. The van der Waals surface area contributed by atoms with Gasteiger partial charge in [-0.15, -0.1) is 0 Å². The third-order valence-electron chi connectivity index (χ3n) is 4.91. The van der Waals surface area contributed by atoms with Crippen LogP contribution in [0.5, 0.6) is 5.75 Å². The van der Waals surface area contributed by atoms with E-state index in [-0.39, 0.29) is 6.03 Å². The highest BCUT2D eigenvalue weighted by Gasteiger charge is 2.17. The lowest BCUT2D eigenvalue weighted by molar-refractivity contribution is 0.252. The van der Waals surface area contributed by atoms with Gasteiger partial charge in [0.25, 0.3) is 0 Å². The summed E-state index contributed by atoms with van der Waals surface area (Å²) >= 11 is 0. The highest BCUT2D eigenvalue weighted by Crippen LogP contribution is 2.38. The van der Waals surface area contributed by atoms with Crippen molar-refractivity contribution in [1.82, 2.24) is 9.88 Å². The summed E-state index contributed by atoms with van der Waals surface area (Å²) in [6.45, 7) is 7.54. The quantitative estimate of drug-likeness (QED) is 0.577. The van der Waals surface area contributed by atoms with Gasteiger partial charge in [0, 0.05) is 35.8 Å². The first-order valence-corrected chi connectivity index (χ1v) is 9.61. The van der Waals surface area contributed by atoms with Gasteiger partial charge in [0.15, 0.2) is 0 Å². The molecule has 0 aliphatic rings. The summed E-state index contributed by atoms with van der Waals surface area (Å²) in [5.74, 6) is 0.806. The predicted octanol–water partition coefficient (Wildman–Crippen LogP) is 4.76. The number of carbonyl (C=O) groups is 1. The van der Waals surface area contributed by atoms with Crippen LogP contribution in [0.3, 0.4) is 0 Å². The topological polar surface area (TPSA) is 81.3 Å². The minimum atomic E-state index is -0.188. The lowest BCUT2D eigenvalue weighted by Crippen LogP contribution is -2.29. The lowest BCUT2D eigenvalue weighted by Gasteiger charge is -2.13. The second-order valence-corrected chi connectivity index (χ2v) is 6.80. The van der Waals surface area contributed by atoms with Gasteiger partial charge in [-0.25, -0.2) is 4.79 Å². The normalized spacial score (nSPS) is 10.9. The van der Waals surface area contributed by atoms with Crippen LogP contribution in [0.4, 0.5) is 16.2 Å². The molecule has 4 N–H and O–H groups in total. The van der Waals surface area contributed by atoms with Gasteiger partial charge < -0.3 is 25.7 Å². The number of aryl methyl sites for hydroxylation is 2. The van der Waals surface area contributed by atoms with E-state index in [0.29, 0.717) is 6.54 Å². The number of hydrogen-bond donors (Lipinski definition) is 3. The van der Waals surface area contributed by atoms with E-state index in [9.17, 15) is 4.79 Å². The van der Waals surface area contributed by atoms with Gasteiger partial charge in [-0.2, -0.15) is 0 Å². The highest BCUT2D eigenvalue weighted by molar-refractivity contribution is 6.01. The van der Waals surface area contributed by atoms with Crippen LogP contribution in [0.2, 0.25) is 0 Å². The zero-order chi connectivity index (χ0) is 20.3. The summed E-state index contributed by atoms with van der Waals surface area (Å²) in [5, 5.41) is 6.74. The molecule has 0 radical (unpaired) electrons. The molecule has 6 nitrogen and oxygen atoms in total. The first kappa shape index (κ1) is 19.6. The number of carbonyl (C=O) groups excluding carboxylic acids is 1. The van der Waals surface area contributed by atoms with E-state index in [1.54, 1.807) is 7.11 Å². The number of fused-ring (bicyclic) bond motifs is 1. The maximum absolute atomic E-state index is 12.0. The number of nitrogens with two attached hydrogens (primary N) is 1. The van der Waals surface area contributed by atoms with Crippen LogP contribution in [0.1, 0.15) is 25.8 Å². The Kier molecular flexibility index (Phi) is 5.78. The molecule has 148 valence electrons. The summed E-state index contributed by atoms with van der Waals surface area (Å²) in [7, 11) is 1.66. The number of nitrogens with zero attached hydrogens (tertiary/aromatic N) is 1. The molecular weight excluding hydrogens is 352 g/mol. The van der Waals surface area contributed by atoms with E-state index >= 15 is 0 Å². The Balaban J connectivity index is 2.01. The first-order valence-electron chi connectivity index (χ1n) is 9.61. The molecule has 0 bridgehead atoms. The average Bonchev–Trinajstić information content (AvgIpc) is 2.99. The third kappa shape index (κ3) is 3.63. The Morgan fingerprint density at radius 3 is 2.61 bits per heavy atom. The number of nitrogens with one attached hydrogen (secondary N) is 2. The summed E-state index contributed by atoms with van der Waals surface area (Å²) in [5.41, 5.74) is 12.1. The molecule has 0 saturated heterocycles. The summed E-state index contributed by atoms with van der Waals surface area (Å²) < 4.78 is 7.57. The Labute approximate surface area is 165 Å². The van der Waals surface area contributed by atoms with Gasteiger partial charge in [-0.05, 0) is 50.1 Å². The number of aromatic nitrogens is 1. The summed E-state index contributed by atoms with van der Waals surface area (Å²) in [6.07, 6.45) is 0.900. The first-order chi connectivity index (χ1) is 13.5. The van der Waals surface area contributed by atoms with Crippen LogP contribution in [-0.4, -0.2) is 24.3 Å². The number of benzene rings is 2. The second-order valence-electron chi connectivity index (χ2n) is 6.80. The molecular formula is C22H28N4O2. The molecule has 0 aliphatic carbocycles. The van der Waals surface area contributed by atoms with E-state index in [0.717, 1.165) is 57.8 Å². The minimum Gasteiger partial charge on any atom is -0.497 e. The van der Waals surface area contributed by atoms with E-state index in [4.69, 9.17) is 10.5 Å². The molecule has 2 amide bonds. The molecule has 3 rings (SSSR count). The van der Waals surface area contributed by atoms with Crippen molar-refractivity contribution in [2.24, 2.45) is 0 Å². The Morgan fingerprint density at radius 2 is 1.96 bits per heavy atom. The van der Waals surface area contributed by atoms with Crippen molar-refractivity contribution in [3.63, 3.8) is 0 Å². The molecule has 0 atom stereocenters. The number of ether oxygens (including phenoxy) is 1. The molecule has 0 spiro atoms. The van der Waals surface area contributed by atoms with Gasteiger partial charge in [0.1, 0.15) is 5.75 Å². The van der Waals surface area contributed by atoms with Crippen molar-refractivity contribution < 1.29 is 9.53 Å². The predicted molar refractivity (Wildman–Crippen MR) is 116 cm³/mol. The van der Waals surface area contributed by atoms with Gasteiger partial charge in [-0.3, -0.25) is 0 Å². The SMILES string of the molecule is CCCNC(=O)Nc1ccc(-c2c(N)c3ccc(OC)cc3n2CC)cc1C. The van der Waals surface area contributed by atoms with Crippen LogP contribution < -0.4 is 21.1 Å². The Hall–Kier alpha value is -3.15. The molecule has 0 fully saturated rings. The molecule has 0 aliphatic heterocycles. The van der Waals surface area contributed by atoms with Crippen LogP contribution in [0, 0.1) is 6.92 Å². The number of hydrogen-bond acceptors (Lipinski definition) is 3. The molecule has 0 saturated carbocycles. The fourth-order valence-corrected chi connectivity index (χ4v) is 3.48. The molecule has 3 aromatic rings. The third-order valence-corrected chi connectivity index (χ3v) is 4.91. The van der Waals surface area contributed by atoms with Crippen molar-refractivity contribution in [2.45, 2.75) is 33.7 Å². The maximum atomic E-state index is 12.0. The molecule has 6 heteroatoms. The highest BCUT2D eigenvalue weighted by atomic mass is 16.5. The summed E-state index contributed by atoms with van der Waals surface area (Å²) in [6, 6.07) is 11.7. The van der Waals surface area contributed by atoms with E-state index < -0.39 is 0 Å². The molecule has 2 aromatic carbocycles. The van der Waals surface area contributed by atoms with Gasteiger partial charge in [-0.1, -0.05) is 13.0 Å². The van der Waals surface area contributed by atoms with E-state index in [1.807, 2.05) is 44.2 Å². The minimum absolute atomic E-state index is 0.188. The molecule has 1 aromatic heterocycles. The molecule has 1 heterocycles. The van der Waals surface area contributed by atoms with Crippen LogP contribution in [0.25, 0.3) is 22.2 Å². The Morgan fingerprint density at radius 1 is 1.18 bits per heavy atom. The van der Waals surface area contributed by atoms with Gasteiger partial charge in [0.2, 0.25) is 0 Å². The van der Waals surface area contributed by atoms with E-state index in [2.05, 4.69) is 28.2 Å². The number of anilines is 2. The standard InChI is InChI=1S/C22H28N4O2/c1-5-11-24-22(27)25-18-10-7-15(12-14(18)3)21-20(23)17-9-8-16(28-4)13-19(17)26(21)6-2/h7-10,12-13H,5-6,11,23H2,1-4H3,(H2,24,25,27). The number of nitrogen functional groups attached to an aromatic ring is 1. The number of methoxy groups -OCH3 is 1. The van der Waals surface area contributed by atoms with Crippen LogP contribution in [0.15, 0.2) is 36.4 Å². The van der Waals surface area contributed by atoms with Gasteiger partial charge in [0.05, 0.1) is 24.0 Å². The van der Waals surface area contributed by atoms with Crippen molar-refractivity contribution in [1.29, 1.82) is 0 Å². The molecule has 28 heavy (non-hydrogen) atoms. The van der Waals surface area contributed by atoms with Crippen molar-refractivity contribution in [3.8, 4) is 17.0 Å². The van der Waals surface area contributed by atoms with Crippen molar-refractivity contribution in [2.75, 3.05) is 24.7 Å². The second kappa shape index (κ2) is 8.25. The van der Waals surface area contributed by atoms with Crippen LogP contribution in [-0.2, 0) is 6.54 Å². The zero-order valence-electron chi connectivity index (χ0n) is 16.9.